The largest absolute Gasteiger partial charge is 0.351 e. The molecular weight excluding hydrogens is 152 g/mol. The van der Waals surface area contributed by atoms with Crippen LogP contribution >= 0.6 is 0 Å². The van der Waals surface area contributed by atoms with Crippen LogP contribution in [-0.2, 0) is 11.3 Å². The van der Waals surface area contributed by atoms with Crippen LogP contribution in [0, 0.1) is 0 Å². The summed E-state index contributed by atoms with van der Waals surface area (Å²) in [6.45, 7) is 0.601. The smallest absolute Gasteiger partial charge is 0.234 e. The number of hydrogen-bond acceptors (Lipinski definition) is 2. The minimum atomic E-state index is -0.126. The molecule has 0 saturated heterocycles. The normalized spacial score (nSPS) is 9.42. The number of carbonyl (C=O) groups is 1. The predicted molar refractivity (Wildman–Crippen MR) is 47.3 cm³/mol. The standard InChI is InChI=1S/C9H12N2O/c10-6-9(12)11-7-8-4-2-1-3-5-8/h1-5H,6-7,10H2,(H,11,12). The van der Waals surface area contributed by atoms with Crippen LogP contribution in [0.5, 0.6) is 0 Å². The third-order valence-electron chi connectivity index (χ3n) is 1.52. The van der Waals surface area contributed by atoms with E-state index in [9.17, 15) is 4.79 Å². The van der Waals surface area contributed by atoms with E-state index in [2.05, 4.69) is 5.32 Å². The highest BCUT2D eigenvalue weighted by Crippen LogP contribution is 1.96. The van der Waals surface area contributed by atoms with Crippen molar-refractivity contribution in [3.05, 3.63) is 35.9 Å². The van der Waals surface area contributed by atoms with Crippen LogP contribution in [0.4, 0.5) is 0 Å². The molecule has 0 aromatic heterocycles. The lowest BCUT2D eigenvalue weighted by Gasteiger charge is -2.02. The van der Waals surface area contributed by atoms with E-state index in [1.165, 1.54) is 0 Å². The predicted octanol–water partition coefficient (Wildman–Crippen LogP) is 0.261. The molecule has 0 radical (unpaired) electrons. The lowest BCUT2D eigenvalue weighted by atomic mass is 10.2. The average Bonchev–Trinajstić information content (AvgIpc) is 2.16. The van der Waals surface area contributed by atoms with Gasteiger partial charge < -0.3 is 11.1 Å². The molecule has 12 heavy (non-hydrogen) atoms. The van der Waals surface area contributed by atoms with Gasteiger partial charge in [0.25, 0.3) is 0 Å². The molecule has 1 aromatic carbocycles. The van der Waals surface area contributed by atoms with E-state index in [-0.39, 0.29) is 12.5 Å². The zero-order valence-electron chi connectivity index (χ0n) is 6.79. The quantitative estimate of drug-likeness (QED) is 0.673. The first-order valence-corrected chi connectivity index (χ1v) is 3.83. The van der Waals surface area contributed by atoms with Gasteiger partial charge in [0.15, 0.2) is 0 Å². The molecule has 0 spiro atoms. The second-order valence-electron chi connectivity index (χ2n) is 2.47. The molecule has 0 saturated carbocycles. The van der Waals surface area contributed by atoms with Gasteiger partial charge in [-0.2, -0.15) is 0 Å². The van der Waals surface area contributed by atoms with Gasteiger partial charge in [0, 0.05) is 6.54 Å². The maximum absolute atomic E-state index is 10.7. The van der Waals surface area contributed by atoms with Gasteiger partial charge in [-0.15, -0.1) is 0 Å². The molecule has 1 amide bonds. The average molecular weight is 164 g/mol. The van der Waals surface area contributed by atoms with Crippen LogP contribution in [-0.4, -0.2) is 12.5 Å². The van der Waals surface area contributed by atoms with Gasteiger partial charge >= 0.3 is 0 Å². The maximum Gasteiger partial charge on any atom is 0.234 e. The Balaban J connectivity index is 2.38. The number of carbonyl (C=O) groups excluding carboxylic acids is 1. The van der Waals surface area contributed by atoms with Crippen molar-refractivity contribution in [3.8, 4) is 0 Å². The molecule has 0 fully saturated rings. The van der Waals surface area contributed by atoms with E-state index < -0.39 is 0 Å². The Kier molecular flexibility index (Phi) is 3.29. The van der Waals surface area contributed by atoms with E-state index in [4.69, 9.17) is 5.73 Å². The van der Waals surface area contributed by atoms with Crippen molar-refractivity contribution >= 4 is 5.91 Å². The molecule has 0 aliphatic heterocycles. The SMILES string of the molecule is NCC(=O)NCc1ccccc1. The third-order valence-corrected chi connectivity index (χ3v) is 1.52. The van der Waals surface area contributed by atoms with E-state index in [1.54, 1.807) is 0 Å². The van der Waals surface area contributed by atoms with Gasteiger partial charge in [-0.1, -0.05) is 30.3 Å². The Morgan fingerprint density at radius 2 is 2.00 bits per heavy atom. The summed E-state index contributed by atoms with van der Waals surface area (Å²) < 4.78 is 0. The van der Waals surface area contributed by atoms with Crippen molar-refractivity contribution in [1.29, 1.82) is 0 Å². The highest BCUT2D eigenvalue weighted by atomic mass is 16.1. The second-order valence-corrected chi connectivity index (χ2v) is 2.47. The van der Waals surface area contributed by atoms with Crippen LogP contribution in [0.3, 0.4) is 0 Å². The zero-order valence-corrected chi connectivity index (χ0v) is 6.79. The minimum absolute atomic E-state index is 0.0484. The molecule has 3 nitrogen and oxygen atoms in total. The summed E-state index contributed by atoms with van der Waals surface area (Å²) in [7, 11) is 0. The molecule has 0 atom stereocenters. The first-order chi connectivity index (χ1) is 5.83. The Bertz CT molecular complexity index is 246. The van der Waals surface area contributed by atoms with Gasteiger partial charge in [-0.05, 0) is 5.56 Å². The fourth-order valence-electron chi connectivity index (χ4n) is 0.869. The van der Waals surface area contributed by atoms with Crippen LogP contribution in [0.1, 0.15) is 5.56 Å². The van der Waals surface area contributed by atoms with Gasteiger partial charge in [-0.3, -0.25) is 4.79 Å². The van der Waals surface area contributed by atoms with Crippen molar-refractivity contribution < 1.29 is 4.79 Å². The summed E-state index contributed by atoms with van der Waals surface area (Å²) in [5.74, 6) is -0.126. The number of amides is 1. The number of nitrogens with one attached hydrogen (secondary N) is 1. The van der Waals surface area contributed by atoms with Crippen LogP contribution in [0.15, 0.2) is 30.3 Å². The monoisotopic (exact) mass is 164 g/mol. The van der Waals surface area contributed by atoms with Crippen LogP contribution in [0.25, 0.3) is 0 Å². The third kappa shape index (κ3) is 2.72. The minimum Gasteiger partial charge on any atom is -0.351 e. The molecule has 64 valence electrons. The fourth-order valence-corrected chi connectivity index (χ4v) is 0.869. The molecule has 0 aliphatic carbocycles. The van der Waals surface area contributed by atoms with Crippen molar-refractivity contribution in [2.24, 2.45) is 5.73 Å². The molecule has 1 rings (SSSR count). The molecule has 1 aromatic rings. The van der Waals surface area contributed by atoms with E-state index in [0.29, 0.717) is 6.54 Å². The Morgan fingerprint density at radius 1 is 1.33 bits per heavy atom. The highest BCUT2D eigenvalue weighted by molar-refractivity contribution is 5.77. The first kappa shape index (κ1) is 8.74. The Labute approximate surface area is 71.6 Å². The fraction of sp³-hybridized carbons (Fsp3) is 0.222. The topological polar surface area (TPSA) is 55.1 Å². The number of benzene rings is 1. The summed E-state index contributed by atoms with van der Waals surface area (Å²) in [6, 6.07) is 9.72. The summed E-state index contributed by atoms with van der Waals surface area (Å²) in [6.07, 6.45) is 0. The maximum atomic E-state index is 10.7. The summed E-state index contributed by atoms with van der Waals surface area (Å²) in [5.41, 5.74) is 6.21. The van der Waals surface area contributed by atoms with Crippen molar-refractivity contribution in [2.45, 2.75) is 6.54 Å². The second kappa shape index (κ2) is 4.51. The van der Waals surface area contributed by atoms with Gasteiger partial charge in [-0.25, -0.2) is 0 Å². The first-order valence-electron chi connectivity index (χ1n) is 3.83. The van der Waals surface area contributed by atoms with E-state index >= 15 is 0 Å². The van der Waals surface area contributed by atoms with Crippen molar-refractivity contribution in [2.75, 3.05) is 6.54 Å². The van der Waals surface area contributed by atoms with Crippen molar-refractivity contribution in [3.63, 3.8) is 0 Å². The molecular formula is C9H12N2O. The summed E-state index contributed by atoms with van der Waals surface area (Å²) >= 11 is 0. The van der Waals surface area contributed by atoms with Gasteiger partial charge in [0.2, 0.25) is 5.91 Å². The zero-order chi connectivity index (χ0) is 8.81. The van der Waals surface area contributed by atoms with Crippen molar-refractivity contribution in [1.82, 2.24) is 5.32 Å². The van der Waals surface area contributed by atoms with E-state index in [0.717, 1.165) is 5.56 Å². The number of nitrogens with two attached hydrogens (primary N) is 1. The van der Waals surface area contributed by atoms with Gasteiger partial charge in [0.1, 0.15) is 0 Å². The molecule has 0 aliphatic rings. The van der Waals surface area contributed by atoms with E-state index in [1.807, 2.05) is 30.3 Å². The van der Waals surface area contributed by atoms with Crippen LogP contribution in [0.2, 0.25) is 0 Å². The molecule has 0 unspecified atom stereocenters. The number of hydrogen-bond donors (Lipinski definition) is 2. The van der Waals surface area contributed by atoms with Crippen LogP contribution < -0.4 is 11.1 Å². The lowest BCUT2D eigenvalue weighted by Crippen LogP contribution is -2.29. The summed E-state index contributed by atoms with van der Waals surface area (Å²) in [5, 5.41) is 2.68. The van der Waals surface area contributed by atoms with Gasteiger partial charge in [0.05, 0.1) is 6.54 Å². The Morgan fingerprint density at radius 3 is 2.58 bits per heavy atom. The molecule has 0 heterocycles. The molecule has 3 heteroatoms. The summed E-state index contributed by atoms with van der Waals surface area (Å²) in [4.78, 5) is 10.7. The lowest BCUT2D eigenvalue weighted by molar-refractivity contribution is -0.119. The number of rotatable bonds is 3. The molecule has 0 bridgehead atoms. The Hall–Kier alpha value is -1.35. The highest BCUT2D eigenvalue weighted by Gasteiger charge is 1.95. The molecule has 3 N–H and O–H groups in total.